The summed E-state index contributed by atoms with van der Waals surface area (Å²) >= 11 is 0. The quantitative estimate of drug-likeness (QED) is 0.915. The van der Waals surface area contributed by atoms with Gasteiger partial charge in [-0.3, -0.25) is 4.98 Å². The summed E-state index contributed by atoms with van der Waals surface area (Å²) in [5.41, 5.74) is 3.45. The second kappa shape index (κ2) is 5.30. The van der Waals surface area contributed by atoms with Crippen LogP contribution in [0.25, 0.3) is 10.9 Å². The van der Waals surface area contributed by atoms with E-state index in [0.717, 1.165) is 24.2 Å². The summed E-state index contributed by atoms with van der Waals surface area (Å²) in [6, 6.07) is 10.9. The lowest BCUT2D eigenvalue weighted by Crippen LogP contribution is -2.58. The molecule has 1 aromatic heterocycles. The number of pyridine rings is 1. The minimum Gasteiger partial charge on any atom is -0.381 e. The molecule has 1 aliphatic carbocycles. The van der Waals surface area contributed by atoms with Crippen LogP contribution in [0.15, 0.2) is 30.3 Å². The van der Waals surface area contributed by atoms with Gasteiger partial charge in [-0.2, -0.15) is 0 Å². The van der Waals surface area contributed by atoms with Crippen molar-refractivity contribution in [1.29, 1.82) is 0 Å². The molecule has 0 aliphatic heterocycles. The van der Waals surface area contributed by atoms with Crippen LogP contribution in [0, 0.1) is 12.3 Å². The van der Waals surface area contributed by atoms with E-state index in [2.05, 4.69) is 55.3 Å². The summed E-state index contributed by atoms with van der Waals surface area (Å²) in [7, 11) is 0. The standard InChI is InChI=1S/C18H24N2O/c1-5-21-17-11-16(18(17,3)4)20-15-10-12(2)19-14-9-7-6-8-13(14)15/h6-10,16-17H,5,11H2,1-4H3,(H,19,20). The van der Waals surface area contributed by atoms with E-state index in [9.17, 15) is 0 Å². The molecule has 0 saturated heterocycles. The summed E-state index contributed by atoms with van der Waals surface area (Å²) in [5, 5.41) is 4.91. The molecule has 0 spiro atoms. The molecule has 1 aromatic carbocycles. The Labute approximate surface area is 126 Å². The van der Waals surface area contributed by atoms with Crippen LogP contribution in [-0.2, 0) is 4.74 Å². The molecule has 1 N–H and O–H groups in total. The Morgan fingerprint density at radius 1 is 1.33 bits per heavy atom. The maximum atomic E-state index is 5.82. The number of nitrogens with zero attached hydrogens (tertiary/aromatic N) is 1. The van der Waals surface area contributed by atoms with E-state index in [-0.39, 0.29) is 5.41 Å². The van der Waals surface area contributed by atoms with Crippen molar-refractivity contribution in [2.75, 3.05) is 11.9 Å². The summed E-state index contributed by atoms with van der Waals surface area (Å²) < 4.78 is 5.82. The van der Waals surface area contributed by atoms with Crippen molar-refractivity contribution in [3.8, 4) is 0 Å². The van der Waals surface area contributed by atoms with Gasteiger partial charge in [-0.1, -0.05) is 32.0 Å². The predicted octanol–water partition coefficient (Wildman–Crippen LogP) is 4.16. The minimum absolute atomic E-state index is 0.161. The highest BCUT2D eigenvalue weighted by Gasteiger charge is 2.48. The molecule has 0 radical (unpaired) electrons. The largest absolute Gasteiger partial charge is 0.381 e. The topological polar surface area (TPSA) is 34.1 Å². The molecule has 3 heteroatoms. The second-order valence-corrected chi connectivity index (χ2v) is 6.53. The molecule has 1 fully saturated rings. The number of aromatic nitrogens is 1. The van der Waals surface area contributed by atoms with Crippen LogP contribution in [0.2, 0.25) is 0 Å². The average molecular weight is 284 g/mol. The number of para-hydroxylation sites is 1. The first kappa shape index (κ1) is 14.3. The third-order valence-corrected chi connectivity index (χ3v) is 4.72. The van der Waals surface area contributed by atoms with Gasteiger partial charge >= 0.3 is 0 Å². The van der Waals surface area contributed by atoms with E-state index < -0.39 is 0 Å². The van der Waals surface area contributed by atoms with Gasteiger partial charge in [-0.15, -0.1) is 0 Å². The Kier molecular flexibility index (Phi) is 3.62. The molecule has 2 atom stereocenters. The highest BCUT2D eigenvalue weighted by atomic mass is 16.5. The van der Waals surface area contributed by atoms with Gasteiger partial charge in [0.25, 0.3) is 0 Å². The van der Waals surface area contributed by atoms with Crippen molar-refractivity contribution >= 4 is 16.6 Å². The van der Waals surface area contributed by atoms with Gasteiger partial charge in [0.15, 0.2) is 0 Å². The van der Waals surface area contributed by atoms with Crippen LogP contribution < -0.4 is 5.32 Å². The summed E-state index contributed by atoms with van der Waals surface area (Å²) in [5.74, 6) is 0. The Bertz CT molecular complexity index is 651. The lowest BCUT2D eigenvalue weighted by atomic mass is 9.64. The summed E-state index contributed by atoms with van der Waals surface area (Å²) in [6.45, 7) is 9.47. The van der Waals surface area contributed by atoms with Gasteiger partial charge in [-0.25, -0.2) is 0 Å². The lowest BCUT2D eigenvalue weighted by Gasteiger charge is -2.52. The Balaban J connectivity index is 1.86. The SMILES string of the molecule is CCOC1CC(Nc2cc(C)nc3ccccc23)C1(C)C. The lowest BCUT2D eigenvalue weighted by molar-refractivity contribution is -0.0975. The van der Waals surface area contributed by atoms with E-state index in [1.54, 1.807) is 0 Å². The molecule has 1 aliphatic rings. The number of fused-ring (bicyclic) bond motifs is 1. The molecule has 3 nitrogen and oxygen atoms in total. The number of rotatable bonds is 4. The molecular formula is C18H24N2O. The van der Waals surface area contributed by atoms with Crippen LogP contribution in [-0.4, -0.2) is 23.7 Å². The maximum absolute atomic E-state index is 5.82. The second-order valence-electron chi connectivity index (χ2n) is 6.53. The zero-order valence-corrected chi connectivity index (χ0v) is 13.3. The van der Waals surface area contributed by atoms with Gasteiger partial charge in [0.05, 0.1) is 11.6 Å². The Hall–Kier alpha value is -1.61. The fraction of sp³-hybridized carbons (Fsp3) is 0.500. The maximum Gasteiger partial charge on any atom is 0.0725 e. The van der Waals surface area contributed by atoms with E-state index in [0.29, 0.717) is 12.1 Å². The summed E-state index contributed by atoms with van der Waals surface area (Å²) in [6.07, 6.45) is 1.42. The molecule has 21 heavy (non-hydrogen) atoms. The molecule has 1 saturated carbocycles. The van der Waals surface area contributed by atoms with Crippen LogP contribution >= 0.6 is 0 Å². The number of aryl methyl sites for hydroxylation is 1. The normalized spacial score (nSPS) is 23.8. The molecule has 1 heterocycles. The zero-order chi connectivity index (χ0) is 15.0. The van der Waals surface area contributed by atoms with Crippen molar-refractivity contribution in [2.45, 2.75) is 46.3 Å². The zero-order valence-electron chi connectivity index (χ0n) is 13.3. The van der Waals surface area contributed by atoms with Gasteiger partial charge < -0.3 is 10.1 Å². The highest BCUT2D eigenvalue weighted by Crippen LogP contribution is 2.44. The van der Waals surface area contributed by atoms with Crippen molar-refractivity contribution < 1.29 is 4.74 Å². The van der Waals surface area contributed by atoms with E-state index in [4.69, 9.17) is 4.74 Å². The number of hydrogen-bond acceptors (Lipinski definition) is 3. The number of hydrogen-bond donors (Lipinski definition) is 1. The molecule has 0 bridgehead atoms. The molecule has 2 aromatic rings. The van der Waals surface area contributed by atoms with E-state index in [1.165, 1.54) is 11.1 Å². The average Bonchev–Trinajstić information content (AvgIpc) is 2.46. The van der Waals surface area contributed by atoms with Gasteiger partial charge in [0, 0.05) is 34.8 Å². The van der Waals surface area contributed by atoms with E-state index >= 15 is 0 Å². The van der Waals surface area contributed by atoms with Crippen LogP contribution in [0.1, 0.15) is 32.9 Å². The highest BCUT2D eigenvalue weighted by molar-refractivity contribution is 5.91. The van der Waals surface area contributed by atoms with Crippen molar-refractivity contribution in [2.24, 2.45) is 5.41 Å². The summed E-state index contributed by atoms with van der Waals surface area (Å²) in [4.78, 5) is 4.60. The molecular weight excluding hydrogens is 260 g/mol. The first-order chi connectivity index (χ1) is 10.0. The molecule has 3 rings (SSSR count). The van der Waals surface area contributed by atoms with Crippen LogP contribution in [0.3, 0.4) is 0 Å². The van der Waals surface area contributed by atoms with Crippen molar-refractivity contribution in [1.82, 2.24) is 4.98 Å². The predicted molar refractivity (Wildman–Crippen MR) is 87.7 cm³/mol. The Morgan fingerprint density at radius 3 is 2.81 bits per heavy atom. The monoisotopic (exact) mass is 284 g/mol. The van der Waals surface area contributed by atoms with Crippen LogP contribution in [0.4, 0.5) is 5.69 Å². The van der Waals surface area contributed by atoms with Gasteiger partial charge in [-0.05, 0) is 32.4 Å². The van der Waals surface area contributed by atoms with Crippen LogP contribution in [0.5, 0.6) is 0 Å². The fourth-order valence-electron chi connectivity index (χ4n) is 3.23. The number of nitrogens with one attached hydrogen (secondary N) is 1. The first-order valence-electron chi connectivity index (χ1n) is 7.77. The number of ether oxygens (including phenoxy) is 1. The smallest absolute Gasteiger partial charge is 0.0725 e. The third kappa shape index (κ3) is 2.51. The molecule has 0 amide bonds. The molecule has 2 unspecified atom stereocenters. The van der Waals surface area contributed by atoms with Gasteiger partial charge in [0.2, 0.25) is 0 Å². The Morgan fingerprint density at radius 2 is 2.10 bits per heavy atom. The number of anilines is 1. The van der Waals surface area contributed by atoms with Gasteiger partial charge in [0.1, 0.15) is 0 Å². The van der Waals surface area contributed by atoms with E-state index in [1.807, 2.05) is 13.0 Å². The van der Waals surface area contributed by atoms with Crippen molar-refractivity contribution in [3.05, 3.63) is 36.0 Å². The fourth-order valence-corrected chi connectivity index (χ4v) is 3.23. The minimum atomic E-state index is 0.161. The van der Waals surface area contributed by atoms with Crippen molar-refractivity contribution in [3.63, 3.8) is 0 Å². The number of benzene rings is 1. The third-order valence-electron chi connectivity index (χ3n) is 4.72. The first-order valence-corrected chi connectivity index (χ1v) is 7.77. The molecule has 112 valence electrons.